The Kier molecular flexibility index (Phi) is 5.92. The number of hydrogen-bond acceptors (Lipinski definition) is 6. The highest BCUT2D eigenvalue weighted by Crippen LogP contribution is 2.39. The monoisotopic (exact) mass is 446 g/mol. The summed E-state index contributed by atoms with van der Waals surface area (Å²) in [4.78, 5) is 14.2. The molecule has 0 aromatic heterocycles. The number of ether oxygens (including phenoxy) is 3. The molecule has 0 N–H and O–H groups in total. The number of sulfonamides is 1. The SMILES string of the molecule is COCC(=O)N1CC[C@@]2(C1)CN(Cc1ccc(OC)cc1)S(=O)(=O)c1ccccc1O2. The summed E-state index contributed by atoms with van der Waals surface area (Å²) in [5.74, 6) is 0.890. The van der Waals surface area contributed by atoms with Gasteiger partial charge in [-0.05, 0) is 29.8 Å². The fourth-order valence-electron chi connectivity index (χ4n) is 4.12. The molecule has 1 saturated heterocycles. The fraction of sp³-hybridized carbons (Fsp3) is 0.409. The average molecular weight is 447 g/mol. The third kappa shape index (κ3) is 4.26. The molecule has 2 heterocycles. The Morgan fingerprint density at radius 2 is 1.84 bits per heavy atom. The lowest BCUT2D eigenvalue weighted by atomic mass is 10.0. The number of amides is 1. The predicted molar refractivity (Wildman–Crippen MR) is 113 cm³/mol. The molecule has 0 aliphatic carbocycles. The van der Waals surface area contributed by atoms with E-state index >= 15 is 0 Å². The Morgan fingerprint density at radius 3 is 2.55 bits per heavy atom. The maximum atomic E-state index is 13.5. The van der Waals surface area contributed by atoms with Crippen LogP contribution in [-0.2, 0) is 26.1 Å². The smallest absolute Gasteiger partial charge is 0.248 e. The zero-order valence-electron chi connectivity index (χ0n) is 17.6. The Balaban J connectivity index is 1.69. The van der Waals surface area contributed by atoms with Gasteiger partial charge in [-0.15, -0.1) is 0 Å². The molecule has 2 aliphatic rings. The van der Waals surface area contributed by atoms with Crippen molar-refractivity contribution in [1.82, 2.24) is 9.21 Å². The van der Waals surface area contributed by atoms with Crippen molar-refractivity contribution >= 4 is 15.9 Å². The number of methoxy groups -OCH3 is 2. The first-order valence-electron chi connectivity index (χ1n) is 10.0. The highest BCUT2D eigenvalue weighted by Gasteiger charge is 2.48. The number of fused-ring (bicyclic) bond motifs is 1. The molecule has 0 bridgehead atoms. The first-order valence-corrected chi connectivity index (χ1v) is 11.5. The van der Waals surface area contributed by atoms with E-state index in [1.165, 1.54) is 11.4 Å². The summed E-state index contributed by atoms with van der Waals surface area (Å²) in [6, 6.07) is 14.0. The van der Waals surface area contributed by atoms with E-state index in [2.05, 4.69) is 0 Å². The molecule has 0 radical (unpaired) electrons. The number of rotatable bonds is 5. The summed E-state index contributed by atoms with van der Waals surface area (Å²) >= 11 is 0. The molecule has 1 atom stereocenters. The number of carbonyl (C=O) groups is 1. The maximum absolute atomic E-state index is 13.5. The van der Waals surface area contributed by atoms with Crippen LogP contribution in [0.2, 0.25) is 0 Å². The molecule has 2 aromatic carbocycles. The summed E-state index contributed by atoms with van der Waals surface area (Å²) < 4.78 is 45.0. The summed E-state index contributed by atoms with van der Waals surface area (Å²) in [5, 5.41) is 0. The van der Waals surface area contributed by atoms with E-state index in [1.54, 1.807) is 48.4 Å². The van der Waals surface area contributed by atoms with Crippen LogP contribution in [0.3, 0.4) is 0 Å². The number of para-hydroxylation sites is 1. The van der Waals surface area contributed by atoms with E-state index in [0.29, 0.717) is 31.0 Å². The summed E-state index contributed by atoms with van der Waals surface area (Å²) in [6.45, 7) is 1.12. The van der Waals surface area contributed by atoms with Crippen LogP contribution in [0, 0.1) is 0 Å². The molecule has 0 unspecified atom stereocenters. The molecule has 4 rings (SSSR count). The maximum Gasteiger partial charge on any atom is 0.248 e. The van der Waals surface area contributed by atoms with Gasteiger partial charge >= 0.3 is 0 Å². The second kappa shape index (κ2) is 8.49. The van der Waals surface area contributed by atoms with Gasteiger partial charge < -0.3 is 19.1 Å². The first kappa shape index (κ1) is 21.6. The van der Waals surface area contributed by atoms with Crippen molar-refractivity contribution in [2.24, 2.45) is 0 Å². The van der Waals surface area contributed by atoms with Crippen molar-refractivity contribution in [3.8, 4) is 11.5 Å². The Bertz CT molecular complexity index is 1060. The molecule has 8 nitrogen and oxygen atoms in total. The second-order valence-corrected chi connectivity index (χ2v) is 9.76. The van der Waals surface area contributed by atoms with Crippen LogP contribution in [0.4, 0.5) is 0 Å². The second-order valence-electron chi connectivity index (χ2n) is 7.85. The van der Waals surface area contributed by atoms with Crippen LogP contribution in [0.25, 0.3) is 0 Å². The number of carbonyl (C=O) groups excluding carboxylic acids is 1. The minimum absolute atomic E-state index is 0.0134. The van der Waals surface area contributed by atoms with Crippen LogP contribution in [0.1, 0.15) is 12.0 Å². The van der Waals surface area contributed by atoms with Gasteiger partial charge in [-0.2, -0.15) is 4.31 Å². The topological polar surface area (TPSA) is 85.4 Å². The van der Waals surface area contributed by atoms with Gasteiger partial charge in [-0.1, -0.05) is 24.3 Å². The highest BCUT2D eigenvalue weighted by atomic mass is 32.2. The van der Waals surface area contributed by atoms with Crippen LogP contribution >= 0.6 is 0 Å². The molecular formula is C22H26N2O6S. The van der Waals surface area contributed by atoms with Crippen molar-refractivity contribution < 1.29 is 27.4 Å². The van der Waals surface area contributed by atoms with E-state index in [-0.39, 0.29) is 30.5 Å². The van der Waals surface area contributed by atoms with E-state index < -0.39 is 15.6 Å². The van der Waals surface area contributed by atoms with E-state index in [1.807, 2.05) is 12.1 Å². The fourth-order valence-corrected chi connectivity index (χ4v) is 5.74. The van der Waals surface area contributed by atoms with E-state index in [0.717, 1.165) is 5.56 Å². The Morgan fingerprint density at radius 1 is 1.10 bits per heavy atom. The van der Waals surface area contributed by atoms with Crippen LogP contribution in [-0.4, -0.2) is 69.6 Å². The molecule has 9 heteroatoms. The number of benzene rings is 2. The molecule has 1 fully saturated rings. The quantitative estimate of drug-likeness (QED) is 0.697. The van der Waals surface area contributed by atoms with Crippen molar-refractivity contribution in [3.05, 3.63) is 54.1 Å². The largest absolute Gasteiger partial charge is 0.497 e. The van der Waals surface area contributed by atoms with E-state index in [9.17, 15) is 13.2 Å². The van der Waals surface area contributed by atoms with Gasteiger partial charge in [-0.25, -0.2) is 8.42 Å². The minimum Gasteiger partial charge on any atom is -0.497 e. The molecule has 2 aliphatic heterocycles. The number of likely N-dealkylation sites (tertiary alicyclic amines) is 1. The Hall–Kier alpha value is -2.62. The zero-order valence-corrected chi connectivity index (χ0v) is 18.4. The molecule has 1 amide bonds. The third-order valence-corrected chi connectivity index (χ3v) is 7.54. The molecular weight excluding hydrogens is 420 g/mol. The molecule has 0 saturated carbocycles. The van der Waals surface area contributed by atoms with Gasteiger partial charge in [0.2, 0.25) is 15.9 Å². The highest BCUT2D eigenvalue weighted by molar-refractivity contribution is 7.89. The lowest BCUT2D eigenvalue weighted by Gasteiger charge is -2.32. The van der Waals surface area contributed by atoms with E-state index in [4.69, 9.17) is 14.2 Å². The number of hydrogen-bond donors (Lipinski definition) is 0. The summed E-state index contributed by atoms with van der Waals surface area (Å²) in [6.07, 6.45) is 0.533. The summed E-state index contributed by atoms with van der Waals surface area (Å²) in [5.41, 5.74) is 0.0134. The molecule has 2 aromatic rings. The minimum atomic E-state index is -3.80. The zero-order chi connectivity index (χ0) is 22.1. The van der Waals surface area contributed by atoms with Crippen LogP contribution in [0.15, 0.2) is 53.4 Å². The van der Waals surface area contributed by atoms with Crippen molar-refractivity contribution in [3.63, 3.8) is 0 Å². The predicted octanol–water partition coefficient (Wildman–Crippen LogP) is 1.90. The van der Waals surface area contributed by atoms with Gasteiger partial charge in [0.05, 0.1) is 20.2 Å². The lowest BCUT2D eigenvalue weighted by molar-refractivity contribution is -0.134. The van der Waals surface area contributed by atoms with Gasteiger partial charge in [0.25, 0.3) is 0 Å². The van der Waals surface area contributed by atoms with Crippen molar-refractivity contribution in [1.29, 1.82) is 0 Å². The van der Waals surface area contributed by atoms with Crippen LogP contribution in [0.5, 0.6) is 11.5 Å². The standard InChI is InChI=1S/C22H26N2O6S/c1-28-14-21(25)23-12-11-22(15-23)16-24(13-17-7-9-18(29-2)10-8-17)31(26,27)20-6-4-3-5-19(20)30-22/h3-10H,11-16H2,1-2H3/t22-/m1/s1. The molecule has 1 spiro atoms. The third-order valence-electron chi connectivity index (χ3n) is 5.71. The lowest BCUT2D eigenvalue weighted by Crippen LogP contribution is -2.49. The van der Waals surface area contributed by atoms with Crippen molar-refractivity contribution in [2.45, 2.75) is 23.5 Å². The average Bonchev–Trinajstić information content (AvgIpc) is 3.14. The van der Waals surface area contributed by atoms with Gasteiger partial charge in [0.15, 0.2) is 0 Å². The molecule has 31 heavy (non-hydrogen) atoms. The first-order chi connectivity index (χ1) is 14.9. The normalized spacial score (nSPS) is 22.6. The molecule has 166 valence electrons. The Labute approximate surface area is 182 Å². The summed E-state index contributed by atoms with van der Waals surface area (Å²) in [7, 11) is -0.732. The van der Waals surface area contributed by atoms with Gasteiger partial charge in [0, 0.05) is 26.6 Å². The van der Waals surface area contributed by atoms with Crippen molar-refractivity contribution in [2.75, 3.05) is 40.5 Å². The van der Waals surface area contributed by atoms with Gasteiger partial charge in [0.1, 0.15) is 28.6 Å². The van der Waals surface area contributed by atoms with Crippen LogP contribution < -0.4 is 9.47 Å². The number of nitrogens with zero attached hydrogens (tertiary/aromatic N) is 2. The van der Waals surface area contributed by atoms with Gasteiger partial charge in [-0.3, -0.25) is 4.79 Å².